The molecule has 4 heteroatoms. The van der Waals surface area contributed by atoms with E-state index in [1.54, 1.807) is 36.4 Å². The molecule has 0 unspecified atom stereocenters. The van der Waals surface area contributed by atoms with Crippen molar-refractivity contribution in [3.63, 3.8) is 0 Å². The molecule has 0 fully saturated rings. The predicted molar refractivity (Wildman–Crippen MR) is 86.0 cm³/mol. The largest absolute Gasteiger partial charge is 0.475 e. The van der Waals surface area contributed by atoms with E-state index in [1.165, 1.54) is 6.08 Å². The average Bonchev–Trinajstić information content (AvgIpc) is 2.53. The van der Waals surface area contributed by atoms with E-state index in [2.05, 4.69) is 19.7 Å². The Morgan fingerprint density at radius 3 is 2.09 bits per heavy atom. The van der Waals surface area contributed by atoms with Crippen molar-refractivity contribution in [2.24, 2.45) is 0 Å². The molecule has 0 saturated heterocycles. The normalized spacial score (nSPS) is 10.4. The molecule has 0 aliphatic rings. The summed E-state index contributed by atoms with van der Waals surface area (Å²) in [5, 5.41) is 0. The maximum absolute atomic E-state index is 12.4. The summed E-state index contributed by atoms with van der Waals surface area (Å²) in [6, 6.07) is 6.49. The summed E-state index contributed by atoms with van der Waals surface area (Å²) in [4.78, 5) is 23.1. The third-order valence-electron chi connectivity index (χ3n) is 2.98. The van der Waals surface area contributed by atoms with Gasteiger partial charge in [-0.15, -0.1) is 13.2 Å². The number of ether oxygens (including phenoxy) is 2. The molecule has 1 aromatic rings. The van der Waals surface area contributed by atoms with E-state index in [1.807, 2.05) is 0 Å². The molecule has 0 aliphatic carbocycles. The Hall–Kier alpha value is -2.62. The Morgan fingerprint density at radius 1 is 1.05 bits per heavy atom. The minimum Gasteiger partial charge on any atom is -0.475 e. The van der Waals surface area contributed by atoms with Crippen LogP contribution in [0.3, 0.4) is 0 Å². The monoisotopic (exact) mass is 300 g/mol. The molecule has 116 valence electrons. The molecular weight excluding hydrogens is 280 g/mol. The first-order valence-corrected chi connectivity index (χ1v) is 6.86. The summed E-state index contributed by atoms with van der Waals surface area (Å²) < 4.78 is 11.0. The van der Waals surface area contributed by atoms with Crippen molar-refractivity contribution < 1.29 is 19.1 Å². The topological polar surface area (TPSA) is 52.6 Å². The summed E-state index contributed by atoms with van der Waals surface area (Å²) in [7, 11) is 0. The molecule has 0 heterocycles. The standard InChI is InChI=1S/C18H20O4/c1-4-11-18(12-5-2,17(20)21-13-6-3)22-16-9-7-15(14-19)8-10-16/h4-10,14H,1-3,11-13H2. The molecule has 0 radical (unpaired) electrons. The van der Waals surface area contributed by atoms with Crippen LogP contribution in [0.4, 0.5) is 0 Å². The van der Waals surface area contributed by atoms with Gasteiger partial charge in [-0.25, -0.2) is 4.79 Å². The van der Waals surface area contributed by atoms with E-state index in [9.17, 15) is 9.59 Å². The van der Waals surface area contributed by atoms with Gasteiger partial charge in [0.25, 0.3) is 0 Å². The minimum atomic E-state index is -1.23. The highest BCUT2D eigenvalue weighted by Crippen LogP contribution is 2.27. The van der Waals surface area contributed by atoms with Gasteiger partial charge in [0, 0.05) is 18.4 Å². The third kappa shape index (κ3) is 4.45. The van der Waals surface area contributed by atoms with Crippen molar-refractivity contribution >= 4 is 12.3 Å². The van der Waals surface area contributed by atoms with Crippen molar-refractivity contribution in [1.29, 1.82) is 0 Å². The van der Waals surface area contributed by atoms with Crippen LogP contribution in [-0.2, 0) is 9.53 Å². The zero-order valence-electron chi connectivity index (χ0n) is 12.5. The van der Waals surface area contributed by atoms with E-state index in [0.717, 1.165) is 6.29 Å². The van der Waals surface area contributed by atoms with Crippen LogP contribution in [0.25, 0.3) is 0 Å². The zero-order chi connectivity index (χ0) is 16.4. The quantitative estimate of drug-likeness (QED) is 0.377. The molecule has 1 aromatic carbocycles. The summed E-state index contributed by atoms with van der Waals surface area (Å²) in [5.74, 6) is -0.0449. The van der Waals surface area contributed by atoms with Crippen LogP contribution in [0.5, 0.6) is 5.75 Å². The molecule has 1 rings (SSSR count). The van der Waals surface area contributed by atoms with Crippen LogP contribution in [0.2, 0.25) is 0 Å². The van der Waals surface area contributed by atoms with Gasteiger partial charge in [0.05, 0.1) is 0 Å². The number of hydrogen-bond acceptors (Lipinski definition) is 4. The van der Waals surface area contributed by atoms with Crippen molar-refractivity contribution in [3.8, 4) is 5.75 Å². The summed E-state index contributed by atoms with van der Waals surface area (Å²) >= 11 is 0. The molecule has 0 aromatic heterocycles. The van der Waals surface area contributed by atoms with Crippen molar-refractivity contribution in [2.45, 2.75) is 18.4 Å². The second-order valence-corrected chi connectivity index (χ2v) is 4.66. The maximum atomic E-state index is 12.4. The van der Waals surface area contributed by atoms with Crippen LogP contribution in [-0.4, -0.2) is 24.5 Å². The van der Waals surface area contributed by atoms with Gasteiger partial charge in [-0.2, -0.15) is 0 Å². The molecule has 0 N–H and O–H groups in total. The number of hydrogen-bond donors (Lipinski definition) is 0. The Balaban J connectivity index is 3.07. The average molecular weight is 300 g/mol. The van der Waals surface area contributed by atoms with E-state index in [4.69, 9.17) is 9.47 Å². The van der Waals surface area contributed by atoms with Crippen LogP contribution in [0, 0.1) is 0 Å². The molecule has 0 spiro atoms. The van der Waals surface area contributed by atoms with Gasteiger partial charge in [-0.05, 0) is 24.3 Å². The summed E-state index contributed by atoms with van der Waals surface area (Å²) in [5.41, 5.74) is -0.700. The lowest BCUT2D eigenvalue weighted by Crippen LogP contribution is -2.45. The summed E-state index contributed by atoms with van der Waals surface area (Å²) in [6.45, 7) is 11.0. The fraction of sp³-hybridized carbons (Fsp3) is 0.222. The Morgan fingerprint density at radius 2 is 1.64 bits per heavy atom. The highest BCUT2D eigenvalue weighted by Gasteiger charge is 2.40. The Kier molecular flexibility index (Phi) is 6.83. The third-order valence-corrected chi connectivity index (χ3v) is 2.98. The van der Waals surface area contributed by atoms with Gasteiger partial charge < -0.3 is 9.47 Å². The van der Waals surface area contributed by atoms with Crippen LogP contribution < -0.4 is 4.74 Å². The number of rotatable bonds is 10. The van der Waals surface area contributed by atoms with Crippen LogP contribution in [0.15, 0.2) is 62.2 Å². The van der Waals surface area contributed by atoms with Crippen molar-refractivity contribution in [1.82, 2.24) is 0 Å². The number of esters is 1. The first kappa shape index (κ1) is 17.4. The molecule has 0 atom stereocenters. The Labute approximate surface area is 130 Å². The number of carbonyl (C=O) groups excluding carboxylic acids is 2. The zero-order valence-corrected chi connectivity index (χ0v) is 12.5. The molecule has 0 aliphatic heterocycles. The SMILES string of the molecule is C=CCOC(=O)C(CC=C)(CC=C)Oc1ccc(C=O)cc1. The molecule has 22 heavy (non-hydrogen) atoms. The van der Waals surface area contributed by atoms with Gasteiger partial charge in [-0.1, -0.05) is 24.8 Å². The van der Waals surface area contributed by atoms with Gasteiger partial charge in [-0.3, -0.25) is 4.79 Å². The smallest absolute Gasteiger partial charge is 0.351 e. The lowest BCUT2D eigenvalue weighted by molar-refractivity contribution is -0.160. The first-order chi connectivity index (χ1) is 10.6. The van der Waals surface area contributed by atoms with Gasteiger partial charge in [0.15, 0.2) is 0 Å². The summed E-state index contributed by atoms with van der Waals surface area (Å²) in [6.07, 6.45) is 5.96. The fourth-order valence-electron chi connectivity index (χ4n) is 1.95. The fourth-order valence-corrected chi connectivity index (χ4v) is 1.95. The van der Waals surface area contributed by atoms with Crippen molar-refractivity contribution in [3.05, 3.63) is 67.8 Å². The minimum absolute atomic E-state index is 0.0995. The van der Waals surface area contributed by atoms with Crippen LogP contribution in [0.1, 0.15) is 23.2 Å². The highest BCUT2D eigenvalue weighted by atomic mass is 16.6. The van der Waals surface area contributed by atoms with E-state index >= 15 is 0 Å². The second-order valence-electron chi connectivity index (χ2n) is 4.66. The van der Waals surface area contributed by atoms with E-state index < -0.39 is 11.6 Å². The second kappa shape index (κ2) is 8.62. The lowest BCUT2D eigenvalue weighted by atomic mass is 9.95. The predicted octanol–water partition coefficient (Wildman–Crippen LogP) is 3.50. The Bertz CT molecular complexity index is 533. The van der Waals surface area contributed by atoms with Gasteiger partial charge >= 0.3 is 5.97 Å². The van der Waals surface area contributed by atoms with Crippen LogP contribution >= 0.6 is 0 Å². The number of aldehydes is 1. The van der Waals surface area contributed by atoms with Gasteiger partial charge in [0.2, 0.25) is 5.60 Å². The molecule has 0 bridgehead atoms. The maximum Gasteiger partial charge on any atom is 0.351 e. The molecule has 0 saturated carbocycles. The van der Waals surface area contributed by atoms with E-state index in [0.29, 0.717) is 11.3 Å². The number of benzene rings is 1. The first-order valence-electron chi connectivity index (χ1n) is 6.86. The van der Waals surface area contributed by atoms with E-state index in [-0.39, 0.29) is 19.4 Å². The number of carbonyl (C=O) groups is 2. The highest BCUT2D eigenvalue weighted by molar-refractivity contribution is 5.81. The van der Waals surface area contributed by atoms with Gasteiger partial charge in [0.1, 0.15) is 18.6 Å². The molecule has 4 nitrogen and oxygen atoms in total. The van der Waals surface area contributed by atoms with Crippen molar-refractivity contribution in [2.75, 3.05) is 6.61 Å². The molecular formula is C18H20O4. The molecule has 0 amide bonds. The lowest BCUT2D eigenvalue weighted by Gasteiger charge is -2.30.